The summed E-state index contributed by atoms with van der Waals surface area (Å²) in [5.41, 5.74) is 1.37. The molecule has 3 nitrogen and oxygen atoms in total. The first-order valence-electron chi connectivity index (χ1n) is 5.91. The van der Waals surface area contributed by atoms with Gasteiger partial charge in [0.1, 0.15) is 0 Å². The van der Waals surface area contributed by atoms with Crippen LogP contribution in [0.25, 0.3) is 0 Å². The van der Waals surface area contributed by atoms with Crippen molar-refractivity contribution in [3.05, 3.63) is 29.3 Å². The normalized spacial score (nSPS) is 15.4. The molecule has 1 unspecified atom stereocenters. The van der Waals surface area contributed by atoms with E-state index >= 15 is 0 Å². The van der Waals surface area contributed by atoms with Crippen molar-refractivity contribution in [2.24, 2.45) is 0 Å². The minimum absolute atomic E-state index is 0.355. The first-order valence-corrected chi connectivity index (χ1v) is 8.52. The number of alkyl halides is 1. The quantitative estimate of drug-likeness (QED) is 0.841. The Morgan fingerprint density at radius 2 is 1.94 bits per heavy atom. The molecular formula is C13H20BrNO2S. The highest BCUT2D eigenvalue weighted by Gasteiger charge is 2.28. The third kappa shape index (κ3) is 3.56. The van der Waals surface area contributed by atoms with Gasteiger partial charge in [0.15, 0.2) is 0 Å². The second kappa shape index (κ2) is 5.72. The Hall–Kier alpha value is -0.390. The number of benzene rings is 1. The molecule has 0 aromatic heterocycles. The first kappa shape index (κ1) is 15.7. The molecule has 0 saturated carbocycles. The Morgan fingerprint density at radius 1 is 1.33 bits per heavy atom. The van der Waals surface area contributed by atoms with Crippen LogP contribution in [0.3, 0.4) is 0 Å². The van der Waals surface area contributed by atoms with Crippen molar-refractivity contribution >= 4 is 26.0 Å². The van der Waals surface area contributed by atoms with E-state index in [0.29, 0.717) is 10.2 Å². The van der Waals surface area contributed by atoms with Gasteiger partial charge in [0, 0.05) is 10.9 Å². The lowest BCUT2D eigenvalue weighted by Gasteiger charge is -2.27. The van der Waals surface area contributed by atoms with Gasteiger partial charge in [0.05, 0.1) is 4.90 Å². The fraction of sp³-hybridized carbons (Fsp3) is 0.538. The molecule has 0 saturated heterocycles. The van der Waals surface area contributed by atoms with Crippen LogP contribution in [0.15, 0.2) is 23.1 Å². The van der Waals surface area contributed by atoms with Crippen LogP contribution in [0.5, 0.6) is 0 Å². The number of hydrogen-bond donors (Lipinski definition) is 1. The maximum absolute atomic E-state index is 12.4. The Bertz CT molecular complexity index is 522. The summed E-state index contributed by atoms with van der Waals surface area (Å²) in [7, 11) is -3.47. The van der Waals surface area contributed by atoms with E-state index in [-0.39, 0.29) is 0 Å². The lowest BCUT2D eigenvalue weighted by Crippen LogP contribution is -2.46. The lowest BCUT2D eigenvalue weighted by molar-refractivity contribution is 0.449. The van der Waals surface area contributed by atoms with Crippen molar-refractivity contribution in [2.45, 2.75) is 44.6 Å². The molecule has 0 amide bonds. The Morgan fingerprint density at radius 3 is 2.39 bits per heavy atom. The summed E-state index contributed by atoms with van der Waals surface area (Å²) in [6.07, 6.45) is 0.725. The van der Waals surface area contributed by atoms with Gasteiger partial charge < -0.3 is 0 Å². The van der Waals surface area contributed by atoms with Crippen LogP contribution in [-0.4, -0.2) is 19.3 Å². The van der Waals surface area contributed by atoms with Crippen molar-refractivity contribution in [2.75, 3.05) is 5.33 Å². The highest BCUT2D eigenvalue weighted by Crippen LogP contribution is 2.21. The Balaban J connectivity index is 3.15. The molecule has 1 N–H and O–H groups in total. The Kier molecular flexibility index (Phi) is 4.98. The average molecular weight is 334 g/mol. The zero-order chi connectivity index (χ0) is 14.0. The van der Waals surface area contributed by atoms with Gasteiger partial charge in [-0.25, -0.2) is 13.1 Å². The van der Waals surface area contributed by atoms with Crippen LogP contribution in [0, 0.1) is 13.8 Å². The SMILES string of the molecule is CCC(C)(CBr)NS(=O)(=O)c1ccc(C)cc1C. The topological polar surface area (TPSA) is 46.2 Å². The van der Waals surface area contributed by atoms with Gasteiger partial charge in [0.2, 0.25) is 10.0 Å². The lowest BCUT2D eigenvalue weighted by atomic mass is 10.0. The number of rotatable bonds is 5. The zero-order valence-corrected chi connectivity index (χ0v) is 13.7. The van der Waals surface area contributed by atoms with Crippen LogP contribution < -0.4 is 4.72 Å². The van der Waals surface area contributed by atoms with E-state index in [9.17, 15) is 8.42 Å². The maximum atomic E-state index is 12.4. The summed E-state index contributed by atoms with van der Waals surface area (Å²) < 4.78 is 27.5. The van der Waals surface area contributed by atoms with E-state index < -0.39 is 15.6 Å². The van der Waals surface area contributed by atoms with Gasteiger partial charge in [-0.05, 0) is 38.8 Å². The van der Waals surface area contributed by atoms with Gasteiger partial charge in [-0.2, -0.15) is 0 Å². The first-order chi connectivity index (χ1) is 8.24. The highest BCUT2D eigenvalue weighted by molar-refractivity contribution is 9.09. The smallest absolute Gasteiger partial charge is 0.207 e. The molecule has 0 fully saturated rings. The van der Waals surface area contributed by atoms with Crippen molar-refractivity contribution in [3.8, 4) is 0 Å². The van der Waals surface area contributed by atoms with Crippen molar-refractivity contribution in [3.63, 3.8) is 0 Å². The second-order valence-corrected chi connectivity index (χ2v) is 7.13. The van der Waals surface area contributed by atoms with Crippen LogP contribution in [0.4, 0.5) is 0 Å². The monoisotopic (exact) mass is 333 g/mol. The van der Waals surface area contributed by atoms with E-state index in [1.54, 1.807) is 6.07 Å². The second-order valence-electron chi connectivity index (χ2n) is 4.92. The molecule has 0 aliphatic heterocycles. The fourth-order valence-electron chi connectivity index (χ4n) is 1.67. The van der Waals surface area contributed by atoms with Gasteiger partial charge >= 0.3 is 0 Å². The summed E-state index contributed by atoms with van der Waals surface area (Å²) in [6, 6.07) is 5.36. The van der Waals surface area contributed by atoms with E-state index in [0.717, 1.165) is 17.5 Å². The third-order valence-electron chi connectivity index (χ3n) is 3.08. The third-order valence-corrected chi connectivity index (χ3v) is 6.11. The number of halogens is 1. The summed E-state index contributed by atoms with van der Waals surface area (Å²) in [5.74, 6) is 0. The minimum Gasteiger partial charge on any atom is -0.207 e. The summed E-state index contributed by atoms with van der Waals surface area (Å²) in [5, 5.41) is 0.584. The predicted octanol–water partition coefficient (Wildman–Crippen LogP) is 3.15. The van der Waals surface area contributed by atoms with Gasteiger partial charge in [0.25, 0.3) is 0 Å². The molecule has 0 aliphatic carbocycles. The Labute approximate surface area is 118 Å². The fourth-order valence-corrected chi connectivity index (χ4v) is 4.10. The molecule has 1 rings (SSSR count). The molecule has 1 atom stereocenters. The molecule has 102 valence electrons. The maximum Gasteiger partial charge on any atom is 0.241 e. The van der Waals surface area contributed by atoms with Crippen molar-refractivity contribution in [1.29, 1.82) is 0 Å². The molecule has 1 aromatic rings. The van der Waals surface area contributed by atoms with Gasteiger partial charge in [-0.1, -0.05) is 40.5 Å². The molecular weight excluding hydrogens is 314 g/mol. The summed E-state index contributed by atoms with van der Waals surface area (Å²) in [4.78, 5) is 0.355. The molecule has 0 spiro atoms. The van der Waals surface area contributed by atoms with Crippen LogP contribution in [0.1, 0.15) is 31.4 Å². The van der Waals surface area contributed by atoms with Crippen molar-refractivity contribution in [1.82, 2.24) is 4.72 Å². The standard InChI is InChI=1S/C13H20BrNO2S/c1-5-13(4,9-14)15-18(16,17)12-7-6-10(2)8-11(12)3/h6-8,15H,5,9H2,1-4H3. The van der Waals surface area contributed by atoms with E-state index in [2.05, 4.69) is 20.7 Å². The van der Waals surface area contributed by atoms with Gasteiger partial charge in [-0.3, -0.25) is 0 Å². The number of aryl methyl sites for hydroxylation is 2. The van der Waals surface area contributed by atoms with E-state index in [4.69, 9.17) is 0 Å². The van der Waals surface area contributed by atoms with E-state index in [1.165, 1.54) is 0 Å². The average Bonchev–Trinajstić information content (AvgIpc) is 2.27. The summed E-state index contributed by atoms with van der Waals surface area (Å²) in [6.45, 7) is 7.62. The van der Waals surface area contributed by atoms with E-state index in [1.807, 2.05) is 39.8 Å². The molecule has 1 aromatic carbocycles. The molecule has 0 bridgehead atoms. The highest BCUT2D eigenvalue weighted by atomic mass is 79.9. The molecule has 0 radical (unpaired) electrons. The van der Waals surface area contributed by atoms with Crippen LogP contribution >= 0.6 is 15.9 Å². The molecule has 5 heteroatoms. The summed E-state index contributed by atoms with van der Waals surface area (Å²) >= 11 is 3.36. The molecule has 18 heavy (non-hydrogen) atoms. The molecule has 0 heterocycles. The number of nitrogens with one attached hydrogen (secondary N) is 1. The molecule has 0 aliphatic rings. The zero-order valence-electron chi connectivity index (χ0n) is 11.2. The number of sulfonamides is 1. The van der Waals surface area contributed by atoms with Gasteiger partial charge in [-0.15, -0.1) is 0 Å². The predicted molar refractivity (Wildman–Crippen MR) is 78.7 cm³/mol. The van der Waals surface area contributed by atoms with Crippen LogP contribution in [-0.2, 0) is 10.0 Å². The van der Waals surface area contributed by atoms with Crippen molar-refractivity contribution < 1.29 is 8.42 Å². The van der Waals surface area contributed by atoms with Crippen LogP contribution in [0.2, 0.25) is 0 Å². The minimum atomic E-state index is -3.47. The number of hydrogen-bond acceptors (Lipinski definition) is 2. The largest absolute Gasteiger partial charge is 0.241 e.